The molecule has 3 rings (SSSR count). The summed E-state index contributed by atoms with van der Waals surface area (Å²) >= 11 is 0. The van der Waals surface area contributed by atoms with Gasteiger partial charge in [0.05, 0.1) is 19.2 Å². The molecule has 0 fully saturated rings. The van der Waals surface area contributed by atoms with Gasteiger partial charge in [0.2, 0.25) is 0 Å². The van der Waals surface area contributed by atoms with Gasteiger partial charge in [-0.15, -0.1) is 12.4 Å². The Morgan fingerprint density at radius 3 is 2.35 bits per heavy atom. The van der Waals surface area contributed by atoms with Gasteiger partial charge in [-0.3, -0.25) is 4.90 Å². The van der Waals surface area contributed by atoms with Gasteiger partial charge in [-0.05, 0) is 37.1 Å². The summed E-state index contributed by atoms with van der Waals surface area (Å²) in [6.07, 6.45) is 4.63. The van der Waals surface area contributed by atoms with E-state index in [2.05, 4.69) is 49.1 Å². The van der Waals surface area contributed by atoms with Crippen LogP contribution in [0.5, 0.6) is 5.75 Å². The van der Waals surface area contributed by atoms with Crippen molar-refractivity contribution in [1.29, 1.82) is 0 Å². The maximum absolute atomic E-state index is 5.30. The van der Waals surface area contributed by atoms with Crippen LogP contribution in [0.3, 0.4) is 0 Å². The normalized spacial score (nSPS) is 24.9. The zero-order chi connectivity index (χ0) is 11.3. The number of fused-ring (bicyclic) bond motifs is 5. The van der Waals surface area contributed by atoms with Crippen LogP contribution >= 0.6 is 12.4 Å². The number of hydrogen-bond donors (Lipinski definition) is 0. The van der Waals surface area contributed by atoms with Gasteiger partial charge in [-0.1, -0.05) is 18.2 Å². The molecular weight excluding hydrogens is 234 g/mol. The lowest BCUT2D eigenvalue weighted by Gasteiger charge is -2.26. The Bertz CT molecular complexity index is 456. The average molecular weight is 252 g/mol. The first-order chi connectivity index (χ1) is 7.72. The number of rotatable bonds is 2. The van der Waals surface area contributed by atoms with E-state index in [0.717, 1.165) is 5.75 Å². The maximum Gasteiger partial charge on any atom is 0.119 e. The lowest BCUT2D eigenvalue weighted by atomic mass is 9.97. The van der Waals surface area contributed by atoms with E-state index in [1.54, 1.807) is 7.11 Å². The Balaban J connectivity index is 0.00000108. The molecule has 0 amide bonds. The fraction of sp³-hybridized carbons (Fsp3) is 0.429. The molecule has 1 aromatic carbocycles. The first-order valence-corrected chi connectivity index (χ1v) is 5.86. The summed E-state index contributed by atoms with van der Waals surface area (Å²) in [7, 11) is 1.73. The first kappa shape index (κ1) is 12.5. The molecule has 0 N–H and O–H groups in total. The van der Waals surface area contributed by atoms with Gasteiger partial charge in [0.25, 0.3) is 0 Å². The molecule has 17 heavy (non-hydrogen) atoms. The molecule has 2 atom stereocenters. The Morgan fingerprint density at radius 2 is 1.76 bits per heavy atom. The molecule has 2 nitrogen and oxygen atoms in total. The second-order valence-corrected chi connectivity index (χ2v) is 4.81. The minimum absolute atomic E-state index is 0. The van der Waals surface area contributed by atoms with Gasteiger partial charge < -0.3 is 4.74 Å². The monoisotopic (exact) mass is 251 g/mol. The standard InChI is InChI=1S/C14H17NO.ClH/c1-9(2)15-13-6-7-14(15)12-8-10(16-3)4-5-11(12)13;/h4-9,13-14H,1-3H3;1H. The molecule has 1 aromatic rings. The molecule has 0 saturated carbocycles. The molecule has 3 heteroatoms. The van der Waals surface area contributed by atoms with Crippen LogP contribution in [-0.4, -0.2) is 18.1 Å². The van der Waals surface area contributed by atoms with Crippen molar-refractivity contribution >= 4 is 12.4 Å². The van der Waals surface area contributed by atoms with E-state index in [1.165, 1.54) is 11.1 Å². The molecule has 2 aliphatic heterocycles. The molecular formula is C14H18ClNO. The minimum atomic E-state index is 0. The van der Waals surface area contributed by atoms with Crippen LogP contribution in [0, 0.1) is 0 Å². The minimum Gasteiger partial charge on any atom is -0.497 e. The van der Waals surface area contributed by atoms with E-state index >= 15 is 0 Å². The average Bonchev–Trinajstić information content (AvgIpc) is 2.84. The van der Waals surface area contributed by atoms with Gasteiger partial charge in [0, 0.05) is 6.04 Å². The summed E-state index contributed by atoms with van der Waals surface area (Å²) in [5.41, 5.74) is 2.86. The lowest BCUT2D eigenvalue weighted by molar-refractivity contribution is 0.188. The zero-order valence-electron chi connectivity index (χ0n) is 10.4. The Labute approximate surface area is 109 Å². The predicted molar refractivity (Wildman–Crippen MR) is 71.8 cm³/mol. The summed E-state index contributed by atoms with van der Waals surface area (Å²) in [5, 5.41) is 0. The fourth-order valence-electron chi connectivity index (χ4n) is 2.96. The summed E-state index contributed by atoms with van der Waals surface area (Å²) in [4.78, 5) is 2.55. The molecule has 2 bridgehead atoms. The third-order valence-corrected chi connectivity index (χ3v) is 3.65. The summed E-state index contributed by atoms with van der Waals surface area (Å²) in [6, 6.07) is 7.95. The van der Waals surface area contributed by atoms with E-state index in [-0.39, 0.29) is 12.4 Å². The van der Waals surface area contributed by atoms with Crippen molar-refractivity contribution < 1.29 is 4.74 Å². The Morgan fingerprint density at radius 1 is 1.12 bits per heavy atom. The second-order valence-electron chi connectivity index (χ2n) is 4.81. The highest BCUT2D eigenvalue weighted by Crippen LogP contribution is 2.50. The van der Waals surface area contributed by atoms with Gasteiger partial charge in [0.1, 0.15) is 5.75 Å². The molecule has 92 valence electrons. The first-order valence-electron chi connectivity index (χ1n) is 5.86. The summed E-state index contributed by atoms with van der Waals surface area (Å²) in [5.74, 6) is 0.961. The van der Waals surface area contributed by atoms with Gasteiger partial charge >= 0.3 is 0 Å². The van der Waals surface area contributed by atoms with Crippen LogP contribution in [0.2, 0.25) is 0 Å². The van der Waals surface area contributed by atoms with E-state index in [1.807, 2.05) is 0 Å². The number of methoxy groups -OCH3 is 1. The van der Waals surface area contributed by atoms with E-state index < -0.39 is 0 Å². The van der Waals surface area contributed by atoms with Crippen molar-refractivity contribution in [3.05, 3.63) is 41.5 Å². The Hall–Kier alpha value is -0.990. The predicted octanol–water partition coefficient (Wildman–Crippen LogP) is 3.49. The highest BCUT2D eigenvalue weighted by atomic mass is 35.5. The van der Waals surface area contributed by atoms with Crippen molar-refractivity contribution in [1.82, 2.24) is 4.90 Å². The number of nitrogens with zero attached hydrogens (tertiary/aromatic N) is 1. The lowest BCUT2D eigenvalue weighted by Crippen LogP contribution is -2.27. The van der Waals surface area contributed by atoms with Crippen molar-refractivity contribution in [2.45, 2.75) is 32.0 Å². The third-order valence-electron chi connectivity index (χ3n) is 3.65. The molecule has 0 aromatic heterocycles. The van der Waals surface area contributed by atoms with Crippen molar-refractivity contribution in [3.63, 3.8) is 0 Å². The third kappa shape index (κ3) is 1.67. The van der Waals surface area contributed by atoms with Gasteiger partial charge in [0.15, 0.2) is 0 Å². The maximum atomic E-state index is 5.30. The van der Waals surface area contributed by atoms with E-state index in [9.17, 15) is 0 Å². The van der Waals surface area contributed by atoms with E-state index in [4.69, 9.17) is 4.74 Å². The van der Waals surface area contributed by atoms with Crippen LogP contribution < -0.4 is 4.74 Å². The topological polar surface area (TPSA) is 12.5 Å². The smallest absolute Gasteiger partial charge is 0.119 e. The molecule has 2 aliphatic rings. The van der Waals surface area contributed by atoms with Crippen molar-refractivity contribution in [2.24, 2.45) is 0 Å². The molecule has 0 saturated heterocycles. The Kier molecular flexibility index (Phi) is 3.19. The number of benzene rings is 1. The number of ether oxygens (including phenoxy) is 1. The molecule has 2 unspecified atom stereocenters. The largest absolute Gasteiger partial charge is 0.497 e. The van der Waals surface area contributed by atoms with E-state index in [0.29, 0.717) is 18.1 Å². The SMILES string of the molecule is COc1ccc2c(c1)C1C=CC2N1C(C)C.Cl. The number of halogens is 1. The highest BCUT2D eigenvalue weighted by molar-refractivity contribution is 5.85. The van der Waals surface area contributed by atoms with Crippen LogP contribution in [-0.2, 0) is 0 Å². The van der Waals surface area contributed by atoms with Crippen LogP contribution in [0.1, 0.15) is 37.1 Å². The molecule has 0 radical (unpaired) electrons. The quantitative estimate of drug-likeness (QED) is 0.746. The van der Waals surface area contributed by atoms with Crippen molar-refractivity contribution in [2.75, 3.05) is 7.11 Å². The number of hydrogen-bond acceptors (Lipinski definition) is 2. The van der Waals surface area contributed by atoms with Crippen LogP contribution in [0.4, 0.5) is 0 Å². The fourth-order valence-corrected chi connectivity index (χ4v) is 2.96. The zero-order valence-corrected chi connectivity index (χ0v) is 11.2. The van der Waals surface area contributed by atoms with Crippen LogP contribution in [0.25, 0.3) is 0 Å². The molecule has 0 aliphatic carbocycles. The van der Waals surface area contributed by atoms with Gasteiger partial charge in [-0.25, -0.2) is 0 Å². The summed E-state index contributed by atoms with van der Waals surface area (Å²) < 4.78 is 5.30. The second kappa shape index (κ2) is 4.35. The van der Waals surface area contributed by atoms with Crippen LogP contribution in [0.15, 0.2) is 30.4 Å². The van der Waals surface area contributed by atoms with Gasteiger partial charge in [-0.2, -0.15) is 0 Å². The molecule has 2 heterocycles. The van der Waals surface area contributed by atoms with Crippen molar-refractivity contribution in [3.8, 4) is 5.75 Å². The molecule has 0 spiro atoms. The highest BCUT2D eigenvalue weighted by Gasteiger charge is 2.41. The summed E-state index contributed by atoms with van der Waals surface area (Å²) in [6.45, 7) is 4.52.